The lowest BCUT2D eigenvalue weighted by Gasteiger charge is -2.25. The average molecular weight is 201 g/mol. The highest BCUT2D eigenvalue weighted by atomic mass is 16.2. The maximum atomic E-state index is 8.61. The average Bonchev–Trinajstić information content (AvgIpc) is 2.13. The molecule has 0 aromatic heterocycles. The van der Waals surface area contributed by atoms with E-state index < -0.39 is 0 Å². The Morgan fingerprint density at radius 3 is 2.50 bits per heavy atom. The van der Waals surface area contributed by atoms with Crippen molar-refractivity contribution >= 4 is 5.84 Å². The molecule has 0 amide bonds. The Morgan fingerprint density at radius 1 is 1.43 bits per heavy atom. The number of aliphatic hydroxyl groups excluding tert-OH is 1. The summed E-state index contributed by atoms with van der Waals surface area (Å²) in [4.78, 5) is 2.11. The fraction of sp³-hybridized carbons (Fsp3) is 0.900. The van der Waals surface area contributed by atoms with E-state index in [9.17, 15) is 0 Å². The van der Waals surface area contributed by atoms with Crippen LogP contribution in [-0.2, 0) is 0 Å². The number of nitrogens with zero attached hydrogens (tertiary/aromatic N) is 1. The van der Waals surface area contributed by atoms with Crippen LogP contribution in [0.15, 0.2) is 0 Å². The van der Waals surface area contributed by atoms with E-state index in [1.54, 1.807) is 0 Å². The molecule has 0 radical (unpaired) electrons. The lowest BCUT2D eigenvalue weighted by atomic mass is 10.1. The second kappa shape index (κ2) is 7.76. The molecule has 1 unspecified atom stereocenters. The number of aliphatic hydroxyl groups is 1. The van der Waals surface area contributed by atoms with Crippen molar-refractivity contribution in [3.8, 4) is 0 Å². The largest absolute Gasteiger partial charge is 0.396 e. The van der Waals surface area contributed by atoms with E-state index in [2.05, 4.69) is 4.90 Å². The number of nitrogens with two attached hydrogens (primary N) is 1. The second-order valence-electron chi connectivity index (χ2n) is 3.64. The number of hydrogen-bond acceptors (Lipinski definition) is 3. The molecule has 0 saturated heterocycles. The van der Waals surface area contributed by atoms with Crippen molar-refractivity contribution in [1.29, 1.82) is 5.41 Å². The molecule has 0 aliphatic rings. The van der Waals surface area contributed by atoms with Crippen molar-refractivity contribution < 1.29 is 5.11 Å². The van der Waals surface area contributed by atoms with Gasteiger partial charge in [0.2, 0.25) is 0 Å². The molecule has 14 heavy (non-hydrogen) atoms. The van der Waals surface area contributed by atoms with Gasteiger partial charge in [-0.3, -0.25) is 10.3 Å². The molecular formula is C10H23N3O. The Kier molecular flexibility index (Phi) is 7.42. The number of unbranched alkanes of at least 4 members (excludes halogenated alkanes) is 2. The number of hydrogen-bond donors (Lipinski definition) is 3. The number of likely N-dealkylation sites (N-methyl/N-ethyl adjacent to an activating group) is 1. The Morgan fingerprint density at radius 2 is 2.07 bits per heavy atom. The maximum absolute atomic E-state index is 8.61. The molecule has 1 atom stereocenters. The minimum atomic E-state index is 0.0733. The van der Waals surface area contributed by atoms with Gasteiger partial charge in [0.1, 0.15) is 5.84 Å². The molecule has 0 spiro atoms. The Labute approximate surface area is 86.6 Å². The number of amidine groups is 1. The van der Waals surface area contributed by atoms with Crippen LogP contribution in [0.3, 0.4) is 0 Å². The minimum absolute atomic E-state index is 0.0733. The third kappa shape index (κ3) is 5.19. The monoisotopic (exact) mass is 201 g/mol. The van der Waals surface area contributed by atoms with E-state index >= 15 is 0 Å². The van der Waals surface area contributed by atoms with Gasteiger partial charge < -0.3 is 10.8 Å². The van der Waals surface area contributed by atoms with Crippen molar-refractivity contribution in [1.82, 2.24) is 4.90 Å². The quantitative estimate of drug-likeness (QED) is 0.309. The van der Waals surface area contributed by atoms with Crippen LogP contribution in [0.2, 0.25) is 0 Å². The van der Waals surface area contributed by atoms with Crippen molar-refractivity contribution in [2.24, 2.45) is 5.73 Å². The van der Waals surface area contributed by atoms with E-state index in [0.717, 1.165) is 32.2 Å². The summed E-state index contributed by atoms with van der Waals surface area (Å²) >= 11 is 0. The van der Waals surface area contributed by atoms with Crippen LogP contribution in [-0.4, -0.2) is 42.1 Å². The van der Waals surface area contributed by atoms with Crippen LogP contribution >= 0.6 is 0 Å². The van der Waals surface area contributed by atoms with Crippen LogP contribution in [0, 0.1) is 5.41 Å². The fourth-order valence-corrected chi connectivity index (χ4v) is 1.57. The van der Waals surface area contributed by atoms with Crippen molar-refractivity contribution in [2.45, 2.75) is 38.6 Å². The minimum Gasteiger partial charge on any atom is -0.396 e. The van der Waals surface area contributed by atoms with Gasteiger partial charge in [0.05, 0.1) is 6.04 Å². The summed E-state index contributed by atoms with van der Waals surface area (Å²) in [6.07, 6.45) is 3.84. The van der Waals surface area contributed by atoms with Gasteiger partial charge >= 0.3 is 0 Å². The Balaban J connectivity index is 3.69. The summed E-state index contributed by atoms with van der Waals surface area (Å²) in [5.41, 5.74) is 5.48. The van der Waals surface area contributed by atoms with E-state index in [0.29, 0.717) is 0 Å². The van der Waals surface area contributed by atoms with E-state index in [-0.39, 0.29) is 18.5 Å². The molecule has 84 valence electrons. The third-order valence-corrected chi connectivity index (χ3v) is 2.45. The summed E-state index contributed by atoms with van der Waals surface area (Å²) in [7, 11) is 1.99. The Bertz CT molecular complexity index is 161. The molecule has 0 bridgehead atoms. The topological polar surface area (TPSA) is 73.3 Å². The molecule has 0 saturated carbocycles. The molecule has 4 heteroatoms. The van der Waals surface area contributed by atoms with E-state index in [4.69, 9.17) is 16.2 Å². The standard InChI is InChI=1S/C10H23N3O/c1-3-9(10(11)12)13(2)7-5-4-6-8-14/h9,14H,3-8H2,1-2H3,(H3,11,12). The van der Waals surface area contributed by atoms with Crippen LogP contribution in [0.1, 0.15) is 32.6 Å². The smallest absolute Gasteiger partial charge is 0.108 e. The van der Waals surface area contributed by atoms with Crippen LogP contribution in [0.5, 0.6) is 0 Å². The van der Waals surface area contributed by atoms with Gasteiger partial charge in [0.15, 0.2) is 0 Å². The molecule has 0 aromatic rings. The van der Waals surface area contributed by atoms with Crippen LogP contribution in [0.4, 0.5) is 0 Å². The molecular weight excluding hydrogens is 178 g/mol. The van der Waals surface area contributed by atoms with Crippen molar-refractivity contribution in [3.63, 3.8) is 0 Å². The summed E-state index contributed by atoms with van der Waals surface area (Å²) in [5, 5.41) is 16.0. The second-order valence-corrected chi connectivity index (χ2v) is 3.64. The van der Waals surface area contributed by atoms with Gasteiger partial charge in [-0.15, -0.1) is 0 Å². The zero-order valence-corrected chi connectivity index (χ0v) is 9.29. The first kappa shape index (κ1) is 13.4. The van der Waals surface area contributed by atoms with E-state index in [1.807, 2.05) is 14.0 Å². The molecule has 0 aromatic carbocycles. The normalized spacial score (nSPS) is 13.1. The summed E-state index contributed by atoms with van der Waals surface area (Å²) in [6, 6.07) is 0.0733. The zero-order chi connectivity index (χ0) is 11.0. The van der Waals surface area contributed by atoms with Gasteiger partial charge in [-0.1, -0.05) is 6.92 Å². The number of rotatable bonds is 8. The lowest BCUT2D eigenvalue weighted by Crippen LogP contribution is -2.42. The summed E-state index contributed by atoms with van der Waals surface area (Å²) < 4.78 is 0. The van der Waals surface area contributed by atoms with Crippen molar-refractivity contribution in [2.75, 3.05) is 20.2 Å². The van der Waals surface area contributed by atoms with Gasteiger partial charge in [0, 0.05) is 6.61 Å². The zero-order valence-electron chi connectivity index (χ0n) is 9.29. The first-order valence-corrected chi connectivity index (χ1v) is 5.28. The Hall–Kier alpha value is -0.610. The lowest BCUT2D eigenvalue weighted by molar-refractivity contribution is 0.260. The van der Waals surface area contributed by atoms with Gasteiger partial charge in [-0.05, 0) is 39.3 Å². The summed E-state index contributed by atoms with van der Waals surface area (Å²) in [6.45, 7) is 3.25. The molecule has 0 rings (SSSR count). The predicted molar refractivity (Wildman–Crippen MR) is 59.6 cm³/mol. The highest BCUT2D eigenvalue weighted by Crippen LogP contribution is 2.04. The van der Waals surface area contributed by atoms with Gasteiger partial charge in [-0.25, -0.2) is 0 Å². The van der Waals surface area contributed by atoms with Crippen LogP contribution < -0.4 is 5.73 Å². The number of nitrogens with one attached hydrogen (secondary N) is 1. The van der Waals surface area contributed by atoms with Gasteiger partial charge in [0.25, 0.3) is 0 Å². The van der Waals surface area contributed by atoms with E-state index in [1.165, 1.54) is 0 Å². The predicted octanol–water partition coefficient (Wildman–Crippen LogP) is 0.795. The molecule has 0 heterocycles. The van der Waals surface area contributed by atoms with Crippen LogP contribution in [0.25, 0.3) is 0 Å². The first-order chi connectivity index (χ1) is 6.63. The molecule has 0 aliphatic carbocycles. The molecule has 4 N–H and O–H groups in total. The highest BCUT2D eigenvalue weighted by Gasteiger charge is 2.14. The summed E-state index contributed by atoms with van der Waals surface area (Å²) in [5.74, 6) is 0.247. The fourth-order valence-electron chi connectivity index (χ4n) is 1.57. The molecule has 4 nitrogen and oxygen atoms in total. The molecule has 0 aliphatic heterocycles. The highest BCUT2D eigenvalue weighted by molar-refractivity contribution is 5.82. The maximum Gasteiger partial charge on any atom is 0.108 e. The SMILES string of the molecule is CCC(C(=N)N)N(C)CCCCCO. The third-order valence-electron chi connectivity index (χ3n) is 2.45. The molecule has 0 fully saturated rings. The van der Waals surface area contributed by atoms with Gasteiger partial charge in [-0.2, -0.15) is 0 Å². The first-order valence-electron chi connectivity index (χ1n) is 5.28. The van der Waals surface area contributed by atoms with Crippen molar-refractivity contribution in [3.05, 3.63) is 0 Å².